The lowest BCUT2D eigenvalue weighted by Gasteiger charge is -2.33. The van der Waals surface area contributed by atoms with E-state index in [2.05, 4.69) is 10.6 Å². The van der Waals surface area contributed by atoms with Crippen LogP contribution in [0.15, 0.2) is 24.3 Å². The first kappa shape index (κ1) is 18.4. The standard InChI is InChI=1S/C21H28FN3O2/c22-19-4-2-1-3-18(19)21(27)25-9-7-15(8-10-25)24-20(26)13-14-11-16-5-6-17(12-14)23-16/h1-4,14-17,23H,5-13H2,(H,24,26). The van der Waals surface area contributed by atoms with E-state index in [1.807, 2.05) is 0 Å². The van der Waals surface area contributed by atoms with Crippen molar-refractivity contribution in [3.63, 3.8) is 0 Å². The fourth-order valence-electron chi connectivity index (χ4n) is 4.92. The van der Waals surface area contributed by atoms with Crippen molar-refractivity contribution in [1.82, 2.24) is 15.5 Å². The molecule has 2 N–H and O–H groups in total. The summed E-state index contributed by atoms with van der Waals surface area (Å²) in [5.74, 6) is -0.108. The first-order valence-electron chi connectivity index (χ1n) is 10.2. The van der Waals surface area contributed by atoms with Crippen LogP contribution in [0.1, 0.15) is 55.3 Å². The molecule has 6 heteroatoms. The van der Waals surface area contributed by atoms with E-state index in [9.17, 15) is 14.0 Å². The molecule has 1 aromatic carbocycles. The summed E-state index contributed by atoms with van der Waals surface area (Å²) >= 11 is 0. The molecule has 27 heavy (non-hydrogen) atoms. The molecule has 2 bridgehead atoms. The predicted octanol–water partition coefficient (Wildman–Crippen LogP) is 2.47. The van der Waals surface area contributed by atoms with E-state index < -0.39 is 5.82 Å². The Balaban J connectivity index is 1.23. The maximum absolute atomic E-state index is 13.8. The van der Waals surface area contributed by atoms with Crippen molar-refractivity contribution in [1.29, 1.82) is 0 Å². The number of carbonyl (C=O) groups is 2. The maximum atomic E-state index is 13.8. The van der Waals surface area contributed by atoms with Crippen LogP contribution in [0.5, 0.6) is 0 Å². The second kappa shape index (κ2) is 7.97. The van der Waals surface area contributed by atoms with Crippen molar-refractivity contribution >= 4 is 11.8 Å². The number of nitrogens with zero attached hydrogens (tertiary/aromatic N) is 1. The predicted molar refractivity (Wildman–Crippen MR) is 101 cm³/mol. The van der Waals surface area contributed by atoms with Gasteiger partial charge in [-0.2, -0.15) is 0 Å². The topological polar surface area (TPSA) is 61.4 Å². The molecule has 2 atom stereocenters. The summed E-state index contributed by atoms with van der Waals surface area (Å²) in [7, 11) is 0. The number of piperidine rings is 2. The number of fused-ring (bicyclic) bond motifs is 2. The van der Waals surface area contributed by atoms with E-state index >= 15 is 0 Å². The fraction of sp³-hybridized carbons (Fsp3) is 0.619. The summed E-state index contributed by atoms with van der Waals surface area (Å²) in [5, 5.41) is 6.77. The first-order chi connectivity index (χ1) is 13.1. The highest BCUT2D eigenvalue weighted by Gasteiger charge is 2.34. The monoisotopic (exact) mass is 373 g/mol. The smallest absolute Gasteiger partial charge is 0.256 e. The van der Waals surface area contributed by atoms with Crippen LogP contribution in [0.2, 0.25) is 0 Å². The van der Waals surface area contributed by atoms with E-state index in [0.717, 1.165) is 25.7 Å². The maximum Gasteiger partial charge on any atom is 0.256 e. The Morgan fingerprint density at radius 3 is 2.41 bits per heavy atom. The molecule has 4 rings (SSSR count). The summed E-state index contributed by atoms with van der Waals surface area (Å²) in [6.45, 7) is 1.10. The Bertz CT molecular complexity index is 690. The van der Waals surface area contributed by atoms with E-state index in [1.165, 1.54) is 25.0 Å². The minimum absolute atomic E-state index is 0.112. The Labute approximate surface area is 159 Å². The Morgan fingerprint density at radius 2 is 1.74 bits per heavy atom. The van der Waals surface area contributed by atoms with E-state index in [1.54, 1.807) is 17.0 Å². The number of carbonyl (C=O) groups excluding carboxylic acids is 2. The summed E-state index contributed by atoms with van der Waals surface area (Å²) in [4.78, 5) is 26.6. The first-order valence-corrected chi connectivity index (χ1v) is 10.2. The SMILES string of the molecule is O=C(CC1CC2CCC(C1)N2)NC1CCN(C(=O)c2ccccc2F)CC1. The number of amides is 2. The summed E-state index contributed by atoms with van der Waals surface area (Å²) in [5.41, 5.74) is 0.125. The molecule has 0 saturated carbocycles. The summed E-state index contributed by atoms with van der Waals surface area (Å²) < 4.78 is 13.8. The second-order valence-electron chi connectivity index (χ2n) is 8.29. The second-order valence-corrected chi connectivity index (χ2v) is 8.29. The van der Waals surface area contributed by atoms with Crippen LogP contribution in [0.4, 0.5) is 4.39 Å². The molecule has 1 aromatic rings. The van der Waals surface area contributed by atoms with Gasteiger partial charge in [-0.3, -0.25) is 9.59 Å². The van der Waals surface area contributed by atoms with E-state index in [0.29, 0.717) is 37.5 Å². The molecule has 0 spiro atoms. The van der Waals surface area contributed by atoms with Gasteiger partial charge in [0.1, 0.15) is 5.82 Å². The fourth-order valence-corrected chi connectivity index (χ4v) is 4.92. The molecule has 3 aliphatic heterocycles. The number of likely N-dealkylation sites (tertiary alicyclic amines) is 1. The van der Waals surface area contributed by atoms with Crippen LogP contribution in [0, 0.1) is 11.7 Å². The number of benzene rings is 1. The summed E-state index contributed by atoms with van der Waals surface area (Å²) in [6.07, 6.45) is 6.78. The lowest BCUT2D eigenvalue weighted by Crippen LogP contribution is -2.47. The highest BCUT2D eigenvalue weighted by Crippen LogP contribution is 2.32. The average molecular weight is 373 g/mol. The highest BCUT2D eigenvalue weighted by atomic mass is 19.1. The molecule has 3 fully saturated rings. The normalized spacial score (nSPS) is 28.2. The van der Waals surface area contributed by atoms with Gasteiger partial charge >= 0.3 is 0 Å². The molecule has 0 aliphatic carbocycles. The third-order valence-electron chi connectivity index (χ3n) is 6.30. The van der Waals surface area contributed by atoms with Crippen molar-refractivity contribution in [2.45, 2.75) is 63.1 Å². The van der Waals surface area contributed by atoms with Gasteiger partial charge in [0.05, 0.1) is 5.56 Å². The number of hydrogen-bond acceptors (Lipinski definition) is 3. The molecular weight excluding hydrogens is 345 g/mol. The molecular formula is C21H28FN3O2. The molecule has 0 aromatic heterocycles. The largest absolute Gasteiger partial charge is 0.353 e. The van der Waals surface area contributed by atoms with E-state index in [-0.39, 0.29) is 23.4 Å². The number of rotatable bonds is 4. The van der Waals surface area contributed by atoms with Crippen LogP contribution >= 0.6 is 0 Å². The van der Waals surface area contributed by atoms with Crippen molar-refractivity contribution in [2.75, 3.05) is 13.1 Å². The van der Waals surface area contributed by atoms with Crippen LogP contribution in [0.3, 0.4) is 0 Å². The molecule has 2 unspecified atom stereocenters. The van der Waals surface area contributed by atoms with Crippen LogP contribution in [0.25, 0.3) is 0 Å². The molecule has 0 radical (unpaired) electrons. The van der Waals surface area contributed by atoms with Crippen LogP contribution < -0.4 is 10.6 Å². The van der Waals surface area contributed by atoms with Gasteiger partial charge in [-0.1, -0.05) is 12.1 Å². The number of halogens is 1. The lowest BCUT2D eigenvalue weighted by atomic mass is 9.89. The van der Waals surface area contributed by atoms with Crippen molar-refractivity contribution in [3.05, 3.63) is 35.6 Å². The van der Waals surface area contributed by atoms with Gasteiger partial charge in [0.25, 0.3) is 5.91 Å². The van der Waals surface area contributed by atoms with Crippen molar-refractivity contribution < 1.29 is 14.0 Å². The number of nitrogens with one attached hydrogen (secondary N) is 2. The average Bonchev–Trinajstić information content (AvgIpc) is 3.00. The van der Waals surface area contributed by atoms with Gasteiger partial charge in [0.15, 0.2) is 0 Å². The van der Waals surface area contributed by atoms with Crippen LogP contribution in [-0.2, 0) is 4.79 Å². The van der Waals surface area contributed by atoms with Gasteiger partial charge in [-0.25, -0.2) is 4.39 Å². The number of hydrogen-bond donors (Lipinski definition) is 2. The van der Waals surface area contributed by atoms with Crippen molar-refractivity contribution in [3.8, 4) is 0 Å². The lowest BCUT2D eigenvalue weighted by molar-refractivity contribution is -0.123. The molecule has 146 valence electrons. The third kappa shape index (κ3) is 4.32. The molecule has 3 heterocycles. The third-order valence-corrected chi connectivity index (χ3v) is 6.30. The zero-order chi connectivity index (χ0) is 18.8. The zero-order valence-corrected chi connectivity index (χ0v) is 15.6. The van der Waals surface area contributed by atoms with Gasteiger partial charge in [-0.15, -0.1) is 0 Å². The molecule has 2 amide bonds. The van der Waals surface area contributed by atoms with Gasteiger partial charge < -0.3 is 15.5 Å². The quantitative estimate of drug-likeness (QED) is 0.852. The highest BCUT2D eigenvalue weighted by molar-refractivity contribution is 5.94. The molecule has 3 aliphatic rings. The van der Waals surface area contributed by atoms with Crippen molar-refractivity contribution in [2.24, 2.45) is 5.92 Å². The van der Waals surface area contributed by atoms with E-state index in [4.69, 9.17) is 0 Å². The summed E-state index contributed by atoms with van der Waals surface area (Å²) in [6, 6.07) is 7.42. The molecule has 3 saturated heterocycles. The zero-order valence-electron chi connectivity index (χ0n) is 15.6. The van der Waals surface area contributed by atoms with Gasteiger partial charge in [0, 0.05) is 37.6 Å². The Kier molecular flexibility index (Phi) is 5.43. The van der Waals surface area contributed by atoms with Crippen LogP contribution in [-0.4, -0.2) is 47.9 Å². The minimum Gasteiger partial charge on any atom is -0.353 e. The Morgan fingerprint density at radius 1 is 1.07 bits per heavy atom. The van der Waals surface area contributed by atoms with Gasteiger partial charge in [-0.05, 0) is 56.6 Å². The van der Waals surface area contributed by atoms with Gasteiger partial charge in [0.2, 0.25) is 5.91 Å². The molecule has 5 nitrogen and oxygen atoms in total. The minimum atomic E-state index is -0.478. The Hall–Kier alpha value is -1.95.